The SMILES string of the molecule is COC(=O)CCN(C)C(=O)CSc1nncn1C1CC1. The lowest BCUT2D eigenvalue weighted by molar-refractivity contribution is -0.141. The van der Waals surface area contributed by atoms with Crippen LogP contribution in [-0.4, -0.2) is 58.0 Å². The van der Waals surface area contributed by atoms with E-state index in [0.29, 0.717) is 18.3 Å². The molecule has 0 aromatic carbocycles. The summed E-state index contributed by atoms with van der Waals surface area (Å²) in [5.41, 5.74) is 0. The molecule has 0 bridgehead atoms. The van der Waals surface area contributed by atoms with Crippen LogP contribution in [0.4, 0.5) is 0 Å². The number of ether oxygens (including phenoxy) is 1. The second kappa shape index (κ2) is 6.74. The molecule has 1 aliphatic rings. The van der Waals surface area contributed by atoms with Gasteiger partial charge in [0.25, 0.3) is 0 Å². The number of aromatic nitrogens is 3. The van der Waals surface area contributed by atoms with Gasteiger partial charge in [-0.25, -0.2) is 0 Å². The molecule has 1 aliphatic carbocycles. The highest BCUT2D eigenvalue weighted by Gasteiger charge is 2.26. The fourth-order valence-corrected chi connectivity index (χ4v) is 2.58. The molecule has 8 heteroatoms. The Hall–Kier alpha value is -1.57. The fraction of sp³-hybridized carbons (Fsp3) is 0.667. The second-order valence-electron chi connectivity index (χ2n) is 4.68. The van der Waals surface area contributed by atoms with Crippen LogP contribution < -0.4 is 0 Å². The molecule has 1 heterocycles. The predicted molar refractivity (Wildman–Crippen MR) is 73.3 cm³/mol. The van der Waals surface area contributed by atoms with Crippen molar-refractivity contribution in [2.24, 2.45) is 0 Å². The summed E-state index contributed by atoms with van der Waals surface area (Å²) >= 11 is 1.38. The Morgan fingerprint density at radius 3 is 2.95 bits per heavy atom. The van der Waals surface area contributed by atoms with Crippen molar-refractivity contribution in [1.29, 1.82) is 0 Å². The molecular weight excluding hydrogens is 280 g/mol. The molecule has 1 amide bonds. The van der Waals surface area contributed by atoms with Gasteiger partial charge in [0.1, 0.15) is 6.33 Å². The number of methoxy groups -OCH3 is 1. The number of hydrogen-bond donors (Lipinski definition) is 0. The number of nitrogens with zero attached hydrogens (tertiary/aromatic N) is 4. The van der Waals surface area contributed by atoms with Crippen LogP contribution in [0.5, 0.6) is 0 Å². The highest BCUT2D eigenvalue weighted by atomic mass is 32.2. The van der Waals surface area contributed by atoms with Gasteiger partial charge in [0, 0.05) is 19.6 Å². The Morgan fingerprint density at radius 1 is 1.55 bits per heavy atom. The topological polar surface area (TPSA) is 77.3 Å². The number of carbonyl (C=O) groups excluding carboxylic acids is 2. The molecule has 7 nitrogen and oxygen atoms in total. The van der Waals surface area contributed by atoms with Crippen molar-refractivity contribution in [3.63, 3.8) is 0 Å². The minimum absolute atomic E-state index is 0.0377. The number of carbonyl (C=O) groups is 2. The minimum atomic E-state index is -0.314. The largest absolute Gasteiger partial charge is 0.469 e. The van der Waals surface area contributed by atoms with Crippen molar-refractivity contribution in [2.45, 2.75) is 30.5 Å². The second-order valence-corrected chi connectivity index (χ2v) is 5.62. The molecule has 1 fully saturated rings. The summed E-state index contributed by atoms with van der Waals surface area (Å²) in [7, 11) is 3.02. The quantitative estimate of drug-likeness (QED) is 0.545. The molecule has 20 heavy (non-hydrogen) atoms. The van der Waals surface area contributed by atoms with Crippen molar-refractivity contribution < 1.29 is 14.3 Å². The average Bonchev–Trinajstić information content (AvgIpc) is 3.20. The molecule has 0 aliphatic heterocycles. The van der Waals surface area contributed by atoms with Crippen LogP contribution in [-0.2, 0) is 14.3 Å². The third-order valence-corrected chi connectivity index (χ3v) is 4.05. The van der Waals surface area contributed by atoms with Gasteiger partial charge >= 0.3 is 5.97 Å². The average molecular weight is 298 g/mol. The zero-order valence-corrected chi connectivity index (χ0v) is 12.4. The first kappa shape index (κ1) is 14.8. The maximum absolute atomic E-state index is 11.9. The van der Waals surface area contributed by atoms with E-state index in [4.69, 9.17) is 0 Å². The summed E-state index contributed by atoms with van der Waals surface area (Å²) in [6, 6.07) is 0.500. The highest BCUT2D eigenvalue weighted by Crippen LogP contribution is 2.37. The number of hydrogen-bond acceptors (Lipinski definition) is 6. The molecule has 1 saturated carbocycles. The number of amides is 1. The molecule has 1 aromatic rings. The van der Waals surface area contributed by atoms with Gasteiger partial charge in [-0.05, 0) is 12.8 Å². The normalized spacial score (nSPS) is 14.1. The van der Waals surface area contributed by atoms with Gasteiger partial charge in [0.2, 0.25) is 5.91 Å². The van der Waals surface area contributed by atoms with Gasteiger partial charge < -0.3 is 14.2 Å². The highest BCUT2D eigenvalue weighted by molar-refractivity contribution is 7.99. The van der Waals surface area contributed by atoms with Gasteiger partial charge in [-0.3, -0.25) is 9.59 Å². The van der Waals surface area contributed by atoms with Crippen molar-refractivity contribution >= 4 is 23.6 Å². The summed E-state index contributed by atoms with van der Waals surface area (Å²) in [4.78, 5) is 24.5. The molecule has 1 aromatic heterocycles. The van der Waals surface area contributed by atoms with E-state index in [9.17, 15) is 9.59 Å². The molecule has 0 saturated heterocycles. The summed E-state index contributed by atoms with van der Waals surface area (Å²) in [6.07, 6.45) is 4.23. The molecular formula is C12H18N4O3S. The van der Waals surface area contributed by atoms with Gasteiger partial charge in [-0.2, -0.15) is 0 Å². The molecule has 110 valence electrons. The molecule has 0 unspecified atom stereocenters. The van der Waals surface area contributed by atoms with Crippen molar-refractivity contribution in [2.75, 3.05) is 26.5 Å². The third kappa shape index (κ3) is 3.96. The van der Waals surface area contributed by atoms with E-state index in [1.807, 2.05) is 4.57 Å². The maximum Gasteiger partial charge on any atom is 0.307 e. The lowest BCUT2D eigenvalue weighted by Gasteiger charge is -2.16. The van der Waals surface area contributed by atoms with Crippen molar-refractivity contribution in [3.05, 3.63) is 6.33 Å². The number of rotatable bonds is 7. The lowest BCUT2D eigenvalue weighted by Crippen LogP contribution is -2.30. The molecule has 2 rings (SSSR count). The first-order valence-electron chi connectivity index (χ1n) is 6.45. The van der Waals surface area contributed by atoms with Crippen LogP contribution in [0.15, 0.2) is 11.5 Å². The minimum Gasteiger partial charge on any atom is -0.469 e. The van der Waals surface area contributed by atoms with Crippen LogP contribution in [0.25, 0.3) is 0 Å². The lowest BCUT2D eigenvalue weighted by atomic mass is 10.4. The summed E-state index contributed by atoms with van der Waals surface area (Å²) in [6.45, 7) is 0.362. The Kier molecular flexibility index (Phi) is 4.99. The van der Waals surface area contributed by atoms with E-state index in [0.717, 1.165) is 18.0 Å². The van der Waals surface area contributed by atoms with E-state index >= 15 is 0 Å². The Morgan fingerprint density at radius 2 is 2.30 bits per heavy atom. The van der Waals surface area contributed by atoms with E-state index in [2.05, 4.69) is 14.9 Å². The Bertz CT molecular complexity index is 487. The molecule has 0 N–H and O–H groups in total. The molecule has 0 spiro atoms. The van der Waals surface area contributed by atoms with Crippen LogP contribution in [0.3, 0.4) is 0 Å². The van der Waals surface area contributed by atoms with Gasteiger partial charge in [0.15, 0.2) is 5.16 Å². The van der Waals surface area contributed by atoms with Crippen LogP contribution >= 0.6 is 11.8 Å². The van der Waals surface area contributed by atoms with Crippen LogP contribution in [0, 0.1) is 0 Å². The molecule has 0 atom stereocenters. The van der Waals surface area contributed by atoms with Gasteiger partial charge in [-0.15, -0.1) is 10.2 Å². The third-order valence-electron chi connectivity index (χ3n) is 3.11. The first-order valence-corrected chi connectivity index (χ1v) is 7.43. The van der Waals surface area contributed by atoms with Crippen LogP contribution in [0.1, 0.15) is 25.3 Å². The summed E-state index contributed by atoms with van der Waals surface area (Å²) in [5.74, 6) is -0.0571. The zero-order chi connectivity index (χ0) is 14.5. The number of esters is 1. The summed E-state index contributed by atoms with van der Waals surface area (Å²) < 4.78 is 6.56. The van der Waals surface area contributed by atoms with Crippen LogP contribution in [0.2, 0.25) is 0 Å². The van der Waals surface area contributed by atoms with Crippen molar-refractivity contribution in [1.82, 2.24) is 19.7 Å². The monoisotopic (exact) mass is 298 g/mol. The van der Waals surface area contributed by atoms with E-state index in [1.165, 1.54) is 23.8 Å². The Balaban J connectivity index is 1.76. The molecule has 0 radical (unpaired) electrons. The smallest absolute Gasteiger partial charge is 0.307 e. The standard InChI is InChI=1S/C12H18N4O3S/c1-15(6-5-11(18)19-2)10(17)7-20-12-14-13-8-16(12)9-3-4-9/h8-9H,3-7H2,1-2H3. The van der Waals surface area contributed by atoms with Crippen molar-refractivity contribution in [3.8, 4) is 0 Å². The maximum atomic E-state index is 11.9. The van der Waals surface area contributed by atoms with E-state index in [-0.39, 0.29) is 18.3 Å². The zero-order valence-electron chi connectivity index (χ0n) is 11.6. The van der Waals surface area contributed by atoms with Gasteiger partial charge in [-0.1, -0.05) is 11.8 Å². The van der Waals surface area contributed by atoms with E-state index in [1.54, 1.807) is 13.4 Å². The fourth-order valence-electron chi connectivity index (χ4n) is 1.66. The number of thioether (sulfide) groups is 1. The van der Waals surface area contributed by atoms with E-state index < -0.39 is 0 Å². The summed E-state index contributed by atoms with van der Waals surface area (Å²) in [5, 5.41) is 8.69. The first-order chi connectivity index (χ1) is 9.61. The predicted octanol–water partition coefficient (Wildman–Crippen LogP) is 0.727. The van der Waals surface area contributed by atoms with Gasteiger partial charge in [0.05, 0.1) is 19.3 Å². The Labute approximate surface area is 121 Å².